The molecule has 1 aromatic carbocycles. The van der Waals surface area contributed by atoms with Gasteiger partial charge in [-0.1, -0.05) is 23.7 Å². The van der Waals surface area contributed by atoms with Crippen molar-refractivity contribution in [2.45, 2.75) is 12.8 Å². The molecule has 0 radical (unpaired) electrons. The number of aromatic nitrogens is 1. The molecule has 2 aromatic rings. The van der Waals surface area contributed by atoms with E-state index in [4.69, 9.17) is 11.6 Å². The van der Waals surface area contributed by atoms with E-state index in [0.717, 1.165) is 23.7 Å². The number of amides is 1. The second-order valence-corrected chi connectivity index (χ2v) is 6.76. The van der Waals surface area contributed by atoms with Gasteiger partial charge in [0.2, 0.25) is 0 Å². The second-order valence-electron chi connectivity index (χ2n) is 5.47. The summed E-state index contributed by atoms with van der Waals surface area (Å²) in [7, 11) is 0. The quantitative estimate of drug-likeness (QED) is 0.803. The Morgan fingerprint density at radius 2 is 2.08 bits per heavy atom. The first-order valence-electron chi connectivity index (χ1n) is 7.43. The molecule has 132 valence electrons. The van der Waals surface area contributed by atoms with E-state index in [9.17, 15) is 4.79 Å². The third kappa shape index (κ3) is 5.60. The second kappa shape index (κ2) is 10.2. The maximum absolute atomic E-state index is 12.2. The minimum atomic E-state index is -0.0953. The van der Waals surface area contributed by atoms with Crippen LogP contribution in [0.25, 0.3) is 10.6 Å². The number of thiazole rings is 1. The van der Waals surface area contributed by atoms with E-state index in [2.05, 4.69) is 15.6 Å². The van der Waals surface area contributed by atoms with E-state index < -0.39 is 0 Å². The highest BCUT2D eigenvalue weighted by molar-refractivity contribution is 7.13. The molecular formula is C16H20Cl3N3OS. The molecule has 1 amide bonds. The first kappa shape index (κ1) is 21.2. The maximum atomic E-state index is 12.2. The molecule has 2 heterocycles. The Morgan fingerprint density at radius 3 is 2.75 bits per heavy atom. The van der Waals surface area contributed by atoms with Crippen LogP contribution in [-0.2, 0) is 0 Å². The Labute approximate surface area is 163 Å². The van der Waals surface area contributed by atoms with Crippen LogP contribution in [0.4, 0.5) is 0 Å². The molecule has 2 N–H and O–H groups in total. The molecule has 1 aromatic heterocycles. The fraction of sp³-hybridized carbons (Fsp3) is 0.375. The van der Waals surface area contributed by atoms with Crippen molar-refractivity contribution in [1.82, 2.24) is 15.6 Å². The molecule has 1 unspecified atom stereocenters. The summed E-state index contributed by atoms with van der Waals surface area (Å²) in [6, 6.07) is 7.48. The highest BCUT2D eigenvalue weighted by atomic mass is 35.5. The molecule has 0 bridgehead atoms. The van der Waals surface area contributed by atoms with Crippen molar-refractivity contribution in [3.63, 3.8) is 0 Å². The van der Waals surface area contributed by atoms with Crippen LogP contribution in [0.2, 0.25) is 5.02 Å². The van der Waals surface area contributed by atoms with Gasteiger partial charge < -0.3 is 10.6 Å². The molecule has 1 saturated heterocycles. The van der Waals surface area contributed by atoms with Crippen molar-refractivity contribution in [3.8, 4) is 10.6 Å². The molecule has 1 fully saturated rings. The van der Waals surface area contributed by atoms with E-state index in [1.54, 1.807) is 5.38 Å². The van der Waals surface area contributed by atoms with Crippen LogP contribution in [0, 0.1) is 5.92 Å². The van der Waals surface area contributed by atoms with Crippen LogP contribution in [-0.4, -0.2) is 30.5 Å². The lowest BCUT2D eigenvalue weighted by molar-refractivity contribution is 0.0940. The smallest absolute Gasteiger partial charge is 0.270 e. The topological polar surface area (TPSA) is 54.0 Å². The van der Waals surface area contributed by atoms with Gasteiger partial charge in [0.25, 0.3) is 5.91 Å². The Bertz CT molecular complexity index is 642. The zero-order chi connectivity index (χ0) is 15.4. The van der Waals surface area contributed by atoms with Crippen LogP contribution < -0.4 is 10.6 Å². The molecule has 4 nitrogen and oxygen atoms in total. The van der Waals surface area contributed by atoms with Gasteiger partial charge in [0.1, 0.15) is 10.7 Å². The van der Waals surface area contributed by atoms with Crippen LogP contribution in [0.15, 0.2) is 29.6 Å². The molecule has 0 saturated carbocycles. The number of hydrogen-bond acceptors (Lipinski definition) is 4. The Morgan fingerprint density at radius 1 is 1.33 bits per heavy atom. The summed E-state index contributed by atoms with van der Waals surface area (Å²) in [5.74, 6) is 0.425. The van der Waals surface area contributed by atoms with E-state index in [1.165, 1.54) is 24.2 Å². The lowest BCUT2D eigenvalue weighted by atomic mass is 10.00. The van der Waals surface area contributed by atoms with Crippen LogP contribution in [0.5, 0.6) is 0 Å². The summed E-state index contributed by atoms with van der Waals surface area (Å²) in [6.07, 6.45) is 2.35. The summed E-state index contributed by atoms with van der Waals surface area (Å²) in [4.78, 5) is 16.6. The van der Waals surface area contributed by atoms with Gasteiger partial charge >= 0.3 is 0 Å². The van der Waals surface area contributed by atoms with Gasteiger partial charge in [-0.25, -0.2) is 4.98 Å². The molecule has 1 atom stereocenters. The number of carbonyl (C=O) groups excluding carboxylic acids is 1. The number of nitrogens with one attached hydrogen (secondary N) is 2. The largest absolute Gasteiger partial charge is 0.350 e. The van der Waals surface area contributed by atoms with Crippen molar-refractivity contribution in [2.24, 2.45) is 5.92 Å². The Balaban J connectivity index is 0.00000144. The summed E-state index contributed by atoms with van der Waals surface area (Å²) >= 11 is 7.35. The fourth-order valence-corrected chi connectivity index (χ4v) is 3.46. The average molecular weight is 409 g/mol. The molecule has 0 aliphatic carbocycles. The summed E-state index contributed by atoms with van der Waals surface area (Å²) in [5.41, 5.74) is 1.46. The molecule has 3 rings (SSSR count). The summed E-state index contributed by atoms with van der Waals surface area (Å²) < 4.78 is 0. The standard InChI is InChI=1S/C16H18ClN3OS.2ClH/c17-13-5-3-12(4-6-13)16-20-14(10-22-16)15(21)19-9-11-2-1-7-18-8-11;;/h3-6,10-11,18H,1-2,7-9H2,(H,19,21);2*1H. The minimum absolute atomic E-state index is 0. The highest BCUT2D eigenvalue weighted by Crippen LogP contribution is 2.25. The van der Waals surface area contributed by atoms with Crippen LogP contribution in [0.3, 0.4) is 0 Å². The SMILES string of the molecule is Cl.Cl.O=C(NCC1CCCNC1)c1csc(-c2ccc(Cl)cc2)n1. The summed E-state index contributed by atoms with van der Waals surface area (Å²) in [6.45, 7) is 2.77. The van der Waals surface area contributed by atoms with Gasteiger partial charge in [0, 0.05) is 22.5 Å². The Hall–Kier alpha value is -0.850. The zero-order valence-corrected chi connectivity index (χ0v) is 16.2. The molecule has 8 heteroatoms. The average Bonchev–Trinajstić information content (AvgIpc) is 3.04. The van der Waals surface area contributed by atoms with E-state index in [1.807, 2.05) is 24.3 Å². The van der Waals surface area contributed by atoms with Crippen molar-refractivity contribution in [3.05, 3.63) is 40.4 Å². The number of carbonyl (C=O) groups is 1. The van der Waals surface area contributed by atoms with Gasteiger partial charge in [-0.15, -0.1) is 36.2 Å². The van der Waals surface area contributed by atoms with Crippen molar-refractivity contribution in [2.75, 3.05) is 19.6 Å². The van der Waals surface area contributed by atoms with Gasteiger partial charge in [-0.3, -0.25) is 4.79 Å². The molecule has 1 aliphatic heterocycles. The third-order valence-electron chi connectivity index (χ3n) is 3.78. The lowest BCUT2D eigenvalue weighted by Gasteiger charge is -2.22. The van der Waals surface area contributed by atoms with E-state index in [-0.39, 0.29) is 30.7 Å². The van der Waals surface area contributed by atoms with Gasteiger partial charge in [-0.2, -0.15) is 0 Å². The molecule has 0 spiro atoms. The predicted octanol–water partition coefficient (Wildman–Crippen LogP) is 4.04. The number of hydrogen-bond donors (Lipinski definition) is 2. The van der Waals surface area contributed by atoms with E-state index in [0.29, 0.717) is 23.2 Å². The molecule has 1 aliphatic rings. The number of halogens is 3. The first-order chi connectivity index (χ1) is 10.7. The number of piperidine rings is 1. The fourth-order valence-electron chi connectivity index (χ4n) is 2.53. The third-order valence-corrected chi connectivity index (χ3v) is 4.92. The first-order valence-corrected chi connectivity index (χ1v) is 8.68. The molecular weight excluding hydrogens is 389 g/mol. The van der Waals surface area contributed by atoms with Crippen LogP contribution >= 0.6 is 47.8 Å². The highest BCUT2D eigenvalue weighted by Gasteiger charge is 2.16. The van der Waals surface area contributed by atoms with Crippen LogP contribution in [0.1, 0.15) is 23.3 Å². The molecule has 24 heavy (non-hydrogen) atoms. The maximum Gasteiger partial charge on any atom is 0.270 e. The van der Waals surface area contributed by atoms with Gasteiger partial charge in [0.15, 0.2) is 0 Å². The normalized spacial score (nSPS) is 16.6. The van der Waals surface area contributed by atoms with E-state index >= 15 is 0 Å². The monoisotopic (exact) mass is 407 g/mol. The Kier molecular flexibility index (Phi) is 9.02. The van der Waals surface area contributed by atoms with Crippen molar-refractivity contribution >= 4 is 53.7 Å². The van der Waals surface area contributed by atoms with Crippen molar-refractivity contribution in [1.29, 1.82) is 0 Å². The number of nitrogens with zero attached hydrogens (tertiary/aromatic N) is 1. The lowest BCUT2D eigenvalue weighted by Crippen LogP contribution is -2.38. The number of rotatable bonds is 4. The predicted molar refractivity (Wildman–Crippen MR) is 105 cm³/mol. The minimum Gasteiger partial charge on any atom is -0.350 e. The zero-order valence-electron chi connectivity index (χ0n) is 13.0. The van der Waals surface area contributed by atoms with Gasteiger partial charge in [0.05, 0.1) is 0 Å². The summed E-state index contributed by atoms with van der Waals surface area (Å²) in [5, 5.41) is 9.67. The van der Waals surface area contributed by atoms with Crippen molar-refractivity contribution < 1.29 is 4.79 Å². The number of benzene rings is 1. The van der Waals surface area contributed by atoms with Gasteiger partial charge in [-0.05, 0) is 44.0 Å².